The van der Waals surface area contributed by atoms with E-state index in [-0.39, 0.29) is 31.1 Å². The highest BCUT2D eigenvalue weighted by Crippen LogP contribution is 2.21. The number of hydrogen-bond donors (Lipinski definition) is 4. The monoisotopic (exact) mass is 534 g/mol. The van der Waals surface area contributed by atoms with Crippen LogP contribution in [0, 0.1) is 11.8 Å². The Morgan fingerprint density at radius 1 is 0.974 bits per heavy atom. The van der Waals surface area contributed by atoms with Crippen molar-refractivity contribution in [2.45, 2.75) is 91.3 Å². The summed E-state index contributed by atoms with van der Waals surface area (Å²) in [6.07, 6.45) is 11.0. The molecule has 0 bridgehead atoms. The third-order valence-electron chi connectivity index (χ3n) is 5.63. The minimum atomic E-state index is -0.979. The lowest BCUT2D eigenvalue weighted by molar-refractivity contribution is -0.131. The molecule has 0 aromatic heterocycles. The average Bonchev–Trinajstić information content (AvgIpc) is 2.75. The van der Waals surface area contributed by atoms with E-state index in [0.717, 1.165) is 43.3 Å². The van der Waals surface area contributed by atoms with Crippen LogP contribution in [0.5, 0.6) is 0 Å². The molecule has 214 valence electrons. The molecule has 0 aromatic carbocycles. The fourth-order valence-electron chi connectivity index (χ4n) is 4.03. The number of hydrogen-bond acceptors (Lipinski definition) is 6. The molecule has 5 N–H and O–H groups in total. The van der Waals surface area contributed by atoms with Gasteiger partial charge in [-0.2, -0.15) is 0 Å². The smallest absolute Gasteiger partial charge is 0.404 e. The van der Waals surface area contributed by atoms with Gasteiger partial charge in [0.1, 0.15) is 11.9 Å². The van der Waals surface area contributed by atoms with E-state index >= 15 is 0 Å². The van der Waals surface area contributed by atoms with E-state index in [1.807, 2.05) is 32.1 Å². The van der Waals surface area contributed by atoms with Crippen LogP contribution in [0.25, 0.3) is 0 Å². The van der Waals surface area contributed by atoms with Gasteiger partial charge in [-0.15, -0.1) is 0 Å². The summed E-state index contributed by atoms with van der Waals surface area (Å²) < 4.78 is 4.67. The maximum Gasteiger partial charge on any atom is 0.404 e. The molecule has 38 heavy (non-hydrogen) atoms. The van der Waals surface area contributed by atoms with Crippen molar-refractivity contribution in [3.8, 4) is 0 Å². The van der Waals surface area contributed by atoms with Crippen LogP contribution in [0.4, 0.5) is 4.79 Å². The quantitative estimate of drug-likeness (QED) is 0.101. The van der Waals surface area contributed by atoms with Gasteiger partial charge in [0.15, 0.2) is 0 Å². The first-order valence-corrected chi connectivity index (χ1v) is 13.1. The molecule has 0 saturated heterocycles. The summed E-state index contributed by atoms with van der Waals surface area (Å²) in [6.45, 7) is 11.5. The van der Waals surface area contributed by atoms with Crippen LogP contribution in [0.15, 0.2) is 48.1 Å². The van der Waals surface area contributed by atoms with Gasteiger partial charge in [-0.05, 0) is 57.8 Å². The van der Waals surface area contributed by atoms with Gasteiger partial charge in [-0.1, -0.05) is 55.9 Å². The normalized spacial score (nSPS) is 15.1. The van der Waals surface area contributed by atoms with Crippen LogP contribution in [-0.2, 0) is 19.1 Å². The summed E-state index contributed by atoms with van der Waals surface area (Å²) in [4.78, 5) is 45.4. The van der Waals surface area contributed by atoms with E-state index in [1.165, 1.54) is 13.0 Å². The lowest BCUT2D eigenvalue weighted by Crippen LogP contribution is -2.35. The van der Waals surface area contributed by atoms with Crippen molar-refractivity contribution in [1.29, 1.82) is 0 Å². The number of carboxylic acids is 1. The number of nitrogens with two attached hydrogens (primary N) is 1. The number of ether oxygens (including phenoxy) is 1. The third kappa shape index (κ3) is 20.9. The largest absolute Gasteiger partial charge is 0.478 e. The predicted octanol–water partition coefficient (Wildman–Crippen LogP) is 4.61. The highest BCUT2D eigenvalue weighted by atomic mass is 16.6. The lowest BCUT2D eigenvalue weighted by atomic mass is 9.93. The van der Waals surface area contributed by atoms with E-state index in [1.54, 1.807) is 0 Å². The highest BCUT2D eigenvalue weighted by Gasteiger charge is 2.16. The number of carboxylic acid groups (broad SMARTS) is 1. The van der Waals surface area contributed by atoms with Crippen molar-refractivity contribution in [2.24, 2.45) is 17.6 Å². The van der Waals surface area contributed by atoms with E-state index in [4.69, 9.17) is 10.8 Å². The Bertz CT molecular complexity index is 876. The molecular weight excluding hydrogens is 488 g/mol. The second kappa shape index (κ2) is 19.9. The van der Waals surface area contributed by atoms with Gasteiger partial charge in [0.25, 0.3) is 0 Å². The molecule has 0 radical (unpaired) electrons. The van der Waals surface area contributed by atoms with Crippen molar-refractivity contribution in [1.82, 2.24) is 5.32 Å². The fourth-order valence-corrected chi connectivity index (χ4v) is 4.03. The maximum absolute atomic E-state index is 12.2. The summed E-state index contributed by atoms with van der Waals surface area (Å²) in [5.74, 6) is -0.914. The number of amides is 2. The Morgan fingerprint density at radius 2 is 1.63 bits per heavy atom. The van der Waals surface area contributed by atoms with Crippen molar-refractivity contribution >= 4 is 23.8 Å². The lowest BCUT2D eigenvalue weighted by Gasteiger charge is -2.14. The Balaban J connectivity index is 4.10. The number of nitrogens with one attached hydrogen (secondary N) is 1. The Kier molecular flexibility index (Phi) is 18.2. The number of aliphatic hydroxyl groups excluding tert-OH is 1. The first-order valence-electron chi connectivity index (χ1n) is 13.1. The molecule has 9 nitrogen and oxygen atoms in total. The third-order valence-corrected chi connectivity index (χ3v) is 5.63. The van der Waals surface area contributed by atoms with Gasteiger partial charge in [0.2, 0.25) is 5.91 Å². The zero-order valence-electron chi connectivity index (χ0n) is 23.3. The average molecular weight is 535 g/mol. The maximum atomic E-state index is 12.2. The van der Waals surface area contributed by atoms with Crippen LogP contribution in [0.1, 0.15) is 79.1 Å². The second-order valence-corrected chi connectivity index (χ2v) is 10.2. The number of aliphatic hydroxyl groups is 1. The molecule has 0 aliphatic heterocycles. The topological polar surface area (TPSA) is 156 Å². The van der Waals surface area contributed by atoms with E-state index < -0.39 is 30.2 Å². The summed E-state index contributed by atoms with van der Waals surface area (Å²) in [5, 5.41) is 21.3. The van der Waals surface area contributed by atoms with Crippen LogP contribution in [-0.4, -0.2) is 52.7 Å². The molecule has 0 aromatic rings. The van der Waals surface area contributed by atoms with Gasteiger partial charge in [-0.3, -0.25) is 9.59 Å². The number of ketones is 1. The van der Waals surface area contributed by atoms with Gasteiger partial charge >= 0.3 is 12.1 Å². The van der Waals surface area contributed by atoms with Crippen molar-refractivity contribution in [3.05, 3.63) is 48.1 Å². The second-order valence-electron chi connectivity index (χ2n) is 10.2. The number of carbonyl (C=O) groups excluding carboxylic acids is 3. The minimum absolute atomic E-state index is 0.0422. The Labute approximate surface area is 226 Å². The van der Waals surface area contributed by atoms with Crippen LogP contribution < -0.4 is 11.1 Å². The van der Waals surface area contributed by atoms with Crippen molar-refractivity contribution in [2.75, 3.05) is 6.54 Å². The van der Waals surface area contributed by atoms with Crippen molar-refractivity contribution < 1.29 is 34.1 Å². The summed E-state index contributed by atoms with van der Waals surface area (Å²) in [6, 6.07) is 0. The molecule has 0 aliphatic rings. The number of rotatable bonds is 20. The molecule has 0 fully saturated rings. The first-order chi connectivity index (χ1) is 17.8. The predicted molar refractivity (Wildman–Crippen MR) is 148 cm³/mol. The zero-order chi connectivity index (χ0) is 29.1. The van der Waals surface area contributed by atoms with Crippen molar-refractivity contribution in [3.63, 3.8) is 0 Å². The fraction of sp³-hybridized carbons (Fsp3) is 0.586. The SMILES string of the molecule is C=C(CC/C=C\C=C\C[C@@H](C)CC(=O)C[C@@H](O)CNC(=O)C[C@@H](C)OC(N)=O)C[C@H](C)C/C(C)=C/C(=O)O. The standard InChI is InChI=1S/C29H46N2O7/c1-20(13-22(3)14-23(4)16-28(35)36)11-9-7-6-8-10-12-21(2)15-25(32)18-26(33)19-31-27(34)17-24(5)38-29(30)37/h6-8,10,16,21-22,24,26,33H,1,9,11-15,17-19H2,2-5H3,(H2,30,37)(H,31,34)(H,35,36)/b7-6-,10-8+,23-16+/t21-,22+,24-,26-/m1/s1. The molecule has 0 unspecified atom stereocenters. The van der Waals surface area contributed by atoms with E-state index in [0.29, 0.717) is 12.3 Å². The number of carbonyl (C=O) groups is 4. The first kappa shape index (κ1) is 34.8. The molecule has 0 spiro atoms. The van der Waals surface area contributed by atoms with E-state index in [9.17, 15) is 24.3 Å². The van der Waals surface area contributed by atoms with Gasteiger partial charge in [0.05, 0.1) is 12.5 Å². The van der Waals surface area contributed by atoms with Gasteiger partial charge < -0.3 is 26.0 Å². The molecular formula is C29H46N2O7. The summed E-state index contributed by atoms with van der Waals surface area (Å²) in [7, 11) is 0. The van der Waals surface area contributed by atoms with Crippen LogP contribution in [0.2, 0.25) is 0 Å². The Hall–Kier alpha value is -3.20. The molecule has 0 rings (SSSR count). The summed E-state index contributed by atoms with van der Waals surface area (Å²) >= 11 is 0. The number of primary amides is 1. The molecule has 2 amide bonds. The van der Waals surface area contributed by atoms with E-state index in [2.05, 4.69) is 29.6 Å². The molecule has 0 heterocycles. The highest BCUT2D eigenvalue weighted by molar-refractivity contribution is 5.80. The van der Waals surface area contributed by atoms with Gasteiger partial charge in [0, 0.05) is 25.5 Å². The number of allylic oxidation sites excluding steroid dienone is 6. The van der Waals surface area contributed by atoms with Crippen LogP contribution >= 0.6 is 0 Å². The molecule has 0 saturated carbocycles. The molecule has 9 heteroatoms. The van der Waals surface area contributed by atoms with Crippen LogP contribution in [0.3, 0.4) is 0 Å². The molecule has 4 atom stereocenters. The number of Topliss-reactive ketones (excluding diaryl/α,β-unsaturated/α-hetero) is 1. The zero-order valence-corrected chi connectivity index (χ0v) is 23.3. The van der Waals surface area contributed by atoms with Gasteiger partial charge in [-0.25, -0.2) is 9.59 Å². The minimum Gasteiger partial charge on any atom is -0.478 e. The Morgan fingerprint density at radius 3 is 2.26 bits per heavy atom. The summed E-state index contributed by atoms with van der Waals surface area (Å²) in [5.41, 5.74) is 6.90. The number of aliphatic carboxylic acids is 1. The molecule has 0 aliphatic carbocycles.